The van der Waals surface area contributed by atoms with Gasteiger partial charge in [0.25, 0.3) is 0 Å². The zero-order valence-corrected chi connectivity index (χ0v) is 15.1. The van der Waals surface area contributed by atoms with E-state index in [1.165, 1.54) is 14.2 Å². The fourth-order valence-electron chi connectivity index (χ4n) is 2.73. The second kappa shape index (κ2) is 6.86. The van der Waals surface area contributed by atoms with Gasteiger partial charge >= 0.3 is 5.97 Å². The number of aromatic hydroxyl groups is 1. The molecule has 0 saturated carbocycles. The maximum absolute atomic E-state index is 12.2. The standard InChI is InChI=1S/C18H15Cl2NO4/c1-24-16-6-5-14-11(17(16)22)8-15(18(23)25-2)21(14)9-10-3-4-12(19)13(20)7-10/h3-8,22H,9H2,1-2H3. The van der Waals surface area contributed by atoms with Crippen LogP contribution in [0.4, 0.5) is 0 Å². The molecule has 2 aromatic carbocycles. The van der Waals surface area contributed by atoms with Crippen molar-refractivity contribution in [2.24, 2.45) is 0 Å². The molecule has 5 nitrogen and oxygen atoms in total. The van der Waals surface area contributed by atoms with Crippen LogP contribution in [0.5, 0.6) is 11.5 Å². The van der Waals surface area contributed by atoms with Gasteiger partial charge in [0.15, 0.2) is 11.5 Å². The molecule has 0 bridgehead atoms. The topological polar surface area (TPSA) is 60.7 Å². The molecule has 1 N–H and O–H groups in total. The number of hydrogen-bond acceptors (Lipinski definition) is 4. The zero-order valence-electron chi connectivity index (χ0n) is 13.5. The van der Waals surface area contributed by atoms with Crippen molar-refractivity contribution < 1.29 is 19.4 Å². The predicted octanol–water partition coefficient (Wildman–Crippen LogP) is 4.50. The first kappa shape index (κ1) is 17.5. The fourth-order valence-corrected chi connectivity index (χ4v) is 3.05. The number of carbonyl (C=O) groups excluding carboxylic acids is 1. The third-order valence-corrected chi connectivity index (χ3v) is 4.70. The second-order valence-corrected chi connectivity index (χ2v) is 6.22. The number of methoxy groups -OCH3 is 2. The van der Waals surface area contributed by atoms with Crippen molar-refractivity contribution >= 4 is 40.1 Å². The minimum absolute atomic E-state index is 0.0296. The Kier molecular flexibility index (Phi) is 4.79. The van der Waals surface area contributed by atoms with Crippen LogP contribution in [0.15, 0.2) is 36.4 Å². The molecule has 3 aromatic rings. The van der Waals surface area contributed by atoms with Crippen molar-refractivity contribution in [1.82, 2.24) is 4.57 Å². The number of halogens is 2. The molecule has 0 amide bonds. The number of hydrogen-bond donors (Lipinski definition) is 1. The van der Waals surface area contributed by atoms with Crippen molar-refractivity contribution in [3.8, 4) is 11.5 Å². The summed E-state index contributed by atoms with van der Waals surface area (Å²) in [5, 5.41) is 11.7. The highest BCUT2D eigenvalue weighted by Crippen LogP contribution is 2.37. The van der Waals surface area contributed by atoms with Crippen LogP contribution >= 0.6 is 23.2 Å². The van der Waals surface area contributed by atoms with Crippen molar-refractivity contribution in [3.05, 3.63) is 57.7 Å². The first-order valence-corrected chi connectivity index (χ1v) is 8.13. The first-order chi connectivity index (χ1) is 12.0. The lowest BCUT2D eigenvalue weighted by Crippen LogP contribution is -2.11. The average molecular weight is 380 g/mol. The quantitative estimate of drug-likeness (QED) is 0.678. The molecule has 0 atom stereocenters. The summed E-state index contributed by atoms with van der Waals surface area (Å²) in [6.07, 6.45) is 0. The number of phenolic OH excluding ortho intramolecular Hbond substituents is 1. The van der Waals surface area contributed by atoms with E-state index in [4.69, 9.17) is 32.7 Å². The van der Waals surface area contributed by atoms with Gasteiger partial charge in [0, 0.05) is 11.9 Å². The van der Waals surface area contributed by atoms with Crippen LogP contribution in [0, 0.1) is 0 Å². The Hall–Kier alpha value is -2.37. The number of benzene rings is 2. The molecule has 0 aliphatic heterocycles. The Bertz CT molecular complexity index is 965. The number of aromatic nitrogens is 1. The van der Waals surface area contributed by atoms with E-state index in [1.54, 1.807) is 34.9 Å². The Morgan fingerprint density at radius 2 is 1.88 bits per heavy atom. The molecule has 1 heterocycles. The third kappa shape index (κ3) is 3.13. The molecule has 0 aliphatic carbocycles. The summed E-state index contributed by atoms with van der Waals surface area (Å²) in [7, 11) is 2.78. The molecule has 0 radical (unpaired) electrons. The van der Waals surface area contributed by atoms with E-state index in [0.717, 1.165) is 5.56 Å². The van der Waals surface area contributed by atoms with E-state index in [9.17, 15) is 9.90 Å². The summed E-state index contributed by atoms with van der Waals surface area (Å²) in [6, 6.07) is 10.3. The van der Waals surface area contributed by atoms with Crippen LogP contribution in [0.25, 0.3) is 10.9 Å². The largest absolute Gasteiger partial charge is 0.504 e. The summed E-state index contributed by atoms with van der Waals surface area (Å²) in [4.78, 5) is 12.2. The number of rotatable bonds is 4. The van der Waals surface area contributed by atoms with Crippen LogP contribution in [0.2, 0.25) is 10.0 Å². The SMILES string of the molecule is COC(=O)c1cc2c(O)c(OC)ccc2n1Cc1ccc(Cl)c(Cl)c1. The molecule has 0 aliphatic rings. The molecule has 1 aromatic heterocycles. The highest BCUT2D eigenvalue weighted by atomic mass is 35.5. The lowest BCUT2D eigenvalue weighted by atomic mass is 10.2. The Labute approximate surface area is 154 Å². The molecular weight excluding hydrogens is 365 g/mol. The van der Waals surface area contributed by atoms with Crippen molar-refractivity contribution in [1.29, 1.82) is 0 Å². The van der Waals surface area contributed by atoms with Gasteiger partial charge in [-0.05, 0) is 35.9 Å². The van der Waals surface area contributed by atoms with Crippen LogP contribution in [-0.4, -0.2) is 29.9 Å². The Balaban J connectivity index is 2.18. The maximum atomic E-state index is 12.2. The monoisotopic (exact) mass is 379 g/mol. The van der Waals surface area contributed by atoms with Gasteiger partial charge in [-0.3, -0.25) is 0 Å². The van der Waals surface area contributed by atoms with Gasteiger partial charge in [-0.1, -0.05) is 29.3 Å². The minimum Gasteiger partial charge on any atom is -0.504 e. The van der Waals surface area contributed by atoms with Gasteiger partial charge in [0.05, 0.1) is 29.8 Å². The normalized spacial score (nSPS) is 10.9. The molecule has 0 spiro atoms. The van der Waals surface area contributed by atoms with Crippen LogP contribution in [0.1, 0.15) is 16.1 Å². The minimum atomic E-state index is -0.505. The smallest absolute Gasteiger partial charge is 0.354 e. The molecular formula is C18H15Cl2NO4. The molecule has 130 valence electrons. The Morgan fingerprint density at radius 1 is 1.12 bits per heavy atom. The van der Waals surface area contributed by atoms with Crippen molar-refractivity contribution in [2.45, 2.75) is 6.54 Å². The van der Waals surface area contributed by atoms with Crippen molar-refractivity contribution in [3.63, 3.8) is 0 Å². The summed E-state index contributed by atoms with van der Waals surface area (Å²) < 4.78 is 11.7. The highest BCUT2D eigenvalue weighted by molar-refractivity contribution is 6.42. The number of ether oxygens (including phenoxy) is 2. The van der Waals surface area contributed by atoms with Gasteiger partial charge in [-0.25, -0.2) is 4.79 Å². The summed E-state index contributed by atoms with van der Waals surface area (Å²) >= 11 is 12.0. The van der Waals surface area contributed by atoms with E-state index in [-0.39, 0.29) is 5.75 Å². The predicted molar refractivity (Wildman–Crippen MR) is 97.1 cm³/mol. The summed E-state index contributed by atoms with van der Waals surface area (Å²) in [5.41, 5.74) is 1.84. The molecule has 0 fully saturated rings. The van der Waals surface area contributed by atoms with Crippen LogP contribution in [0.3, 0.4) is 0 Å². The van der Waals surface area contributed by atoms with E-state index in [2.05, 4.69) is 0 Å². The van der Waals surface area contributed by atoms with Gasteiger partial charge < -0.3 is 19.1 Å². The van der Waals surface area contributed by atoms with Crippen LogP contribution < -0.4 is 4.74 Å². The number of fused-ring (bicyclic) bond motifs is 1. The lowest BCUT2D eigenvalue weighted by molar-refractivity contribution is 0.0589. The van der Waals surface area contributed by atoms with E-state index in [0.29, 0.717) is 38.9 Å². The molecule has 0 saturated heterocycles. The lowest BCUT2D eigenvalue weighted by Gasteiger charge is -2.11. The number of phenols is 1. The number of nitrogens with zero attached hydrogens (tertiary/aromatic N) is 1. The fraction of sp³-hybridized carbons (Fsp3) is 0.167. The van der Waals surface area contributed by atoms with Crippen LogP contribution in [-0.2, 0) is 11.3 Å². The van der Waals surface area contributed by atoms with Gasteiger partial charge in [0.1, 0.15) is 5.69 Å². The molecule has 7 heteroatoms. The van der Waals surface area contributed by atoms with E-state index < -0.39 is 5.97 Å². The summed E-state index contributed by atoms with van der Waals surface area (Å²) in [6.45, 7) is 0.358. The zero-order chi connectivity index (χ0) is 18.1. The second-order valence-electron chi connectivity index (χ2n) is 5.40. The van der Waals surface area contributed by atoms with E-state index >= 15 is 0 Å². The maximum Gasteiger partial charge on any atom is 0.354 e. The molecule has 3 rings (SSSR count). The van der Waals surface area contributed by atoms with E-state index in [1.807, 2.05) is 6.07 Å². The van der Waals surface area contributed by atoms with Gasteiger partial charge in [-0.15, -0.1) is 0 Å². The molecule has 25 heavy (non-hydrogen) atoms. The molecule has 0 unspecified atom stereocenters. The first-order valence-electron chi connectivity index (χ1n) is 7.37. The number of esters is 1. The highest BCUT2D eigenvalue weighted by Gasteiger charge is 2.20. The van der Waals surface area contributed by atoms with Gasteiger partial charge in [0.2, 0.25) is 0 Å². The number of carbonyl (C=O) groups is 1. The van der Waals surface area contributed by atoms with Crippen molar-refractivity contribution in [2.75, 3.05) is 14.2 Å². The Morgan fingerprint density at radius 3 is 2.52 bits per heavy atom. The average Bonchev–Trinajstić information content (AvgIpc) is 2.97. The van der Waals surface area contributed by atoms with Gasteiger partial charge in [-0.2, -0.15) is 0 Å². The summed E-state index contributed by atoms with van der Waals surface area (Å²) in [5.74, 6) is -0.205. The third-order valence-electron chi connectivity index (χ3n) is 3.96.